The molecule has 4 aromatic rings. The van der Waals surface area contributed by atoms with Gasteiger partial charge < -0.3 is 15.0 Å². The second kappa shape index (κ2) is 12.1. The molecule has 0 radical (unpaired) electrons. The molecule has 0 saturated heterocycles. The number of benzene rings is 3. The van der Waals surface area contributed by atoms with Gasteiger partial charge in [0.05, 0.1) is 18.9 Å². The maximum atomic E-state index is 13.6. The Morgan fingerprint density at radius 1 is 1.05 bits per heavy atom. The number of ether oxygens (including phenoxy) is 1. The molecule has 1 aliphatic heterocycles. The summed E-state index contributed by atoms with van der Waals surface area (Å²) in [6.45, 7) is 3.20. The molecule has 0 spiro atoms. The van der Waals surface area contributed by atoms with Crippen LogP contribution in [0.2, 0.25) is 0 Å². The van der Waals surface area contributed by atoms with Crippen molar-refractivity contribution in [1.82, 2.24) is 20.1 Å². The lowest BCUT2D eigenvalue weighted by Crippen LogP contribution is -2.36. The number of carbonyl (C=O) groups excluding carboxylic acids is 2. The van der Waals surface area contributed by atoms with Crippen LogP contribution in [0.4, 0.5) is 10.1 Å². The predicted molar refractivity (Wildman–Crippen MR) is 148 cm³/mol. The Kier molecular flexibility index (Phi) is 8.21. The van der Waals surface area contributed by atoms with Gasteiger partial charge in [-0.2, -0.15) is 0 Å². The molecule has 10 heteroatoms. The number of aryl methyl sites for hydroxylation is 1. The summed E-state index contributed by atoms with van der Waals surface area (Å²) in [6, 6.07) is 20.9. The van der Waals surface area contributed by atoms with Crippen molar-refractivity contribution < 1.29 is 18.7 Å². The predicted octanol–water partition coefficient (Wildman–Crippen LogP) is 4.81. The van der Waals surface area contributed by atoms with E-state index in [0.29, 0.717) is 24.1 Å². The maximum absolute atomic E-state index is 13.6. The van der Waals surface area contributed by atoms with Crippen LogP contribution in [0.3, 0.4) is 0 Å². The quantitative estimate of drug-likeness (QED) is 0.304. The van der Waals surface area contributed by atoms with E-state index in [1.807, 2.05) is 58.9 Å². The van der Waals surface area contributed by atoms with Crippen LogP contribution in [-0.4, -0.2) is 45.5 Å². The van der Waals surface area contributed by atoms with Gasteiger partial charge >= 0.3 is 0 Å². The van der Waals surface area contributed by atoms with Crippen LogP contribution >= 0.6 is 11.8 Å². The number of thioether (sulfide) groups is 1. The van der Waals surface area contributed by atoms with Gasteiger partial charge in [0.2, 0.25) is 5.91 Å². The maximum Gasteiger partial charge on any atom is 0.251 e. The fraction of sp³-hybridized carbons (Fsp3) is 0.241. The van der Waals surface area contributed by atoms with Gasteiger partial charge in [0.1, 0.15) is 11.6 Å². The highest BCUT2D eigenvalue weighted by Crippen LogP contribution is 2.29. The van der Waals surface area contributed by atoms with Crippen LogP contribution in [0.15, 0.2) is 78.0 Å². The van der Waals surface area contributed by atoms with Crippen molar-refractivity contribution in [2.45, 2.75) is 31.5 Å². The van der Waals surface area contributed by atoms with E-state index in [4.69, 9.17) is 4.74 Å². The molecule has 1 aliphatic rings. The number of fused-ring (bicyclic) bond motifs is 1. The summed E-state index contributed by atoms with van der Waals surface area (Å²) >= 11 is 1.29. The fourth-order valence-corrected chi connectivity index (χ4v) is 5.36. The standard InChI is InChI=1S/C29H28FN5O3S/c1-2-38-24-14-12-23(13-15-24)35-26(18-31-28(37)21-8-5-10-22(30)17-21)32-33-29(35)39-19-27(36)34-16-6-9-20-7-3-4-11-25(20)34/h3-5,7-8,10-15,17H,2,6,9,16,18-19H2,1H3,(H,31,37). The molecule has 200 valence electrons. The summed E-state index contributed by atoms with van der Waals surface area (Å²) in [5.41, 5.74) is 3.11. The first-order chi connectivity index (χ1) is 19.0. The third-order valence-electron chi connectivity index (χ3n) is 6.34. The van der Waals surface area contributed by atoms with Gasteiger partial charge in [0, 0.05) is 23.5 Å². The number of amides is 2. The summed E-state index contributed by atoms with van der Waals surface area (Å²) in [5.74, 6) is 0.461. The molecule has 0 atom stereocenters. The van der Waals surface area contributed by atoms with Crippen LogP contribution in [0, 0.1) is 5.82 Å². The number of rotatable bonds is 9. The molecule has 1 N–H and O–H groups in total. The van der Waals surface area contributed by atoms with Gasteiger partial charge in [0.25, 0.3) is 5.91 Å². The average Bonchev–Trinajstić information content (AvgIpc) is 3.37. The number of anilines is 1. The van der Waals surface area contributed by atoms with Crippen molar-refractivity contribution in [3.63, 3.8) is 0 Å². The van der Waals surface area contributed by atoms with Crippen LogP contribution in [0.1, 0.15) is 35.1 Å². The molecule has 1 aromatic heterocycles. The summed E-state index contributed by atoms with van der Waals surface area (Å²) in [7, 11) is 0. The molecule has 0 aliphatic carbocycles. The molecule has 0 bridgehead atoms. The molecular formula is C29H28FN5O3S. The topological polar surface area (TPSA) is 89.3 Å². The first-order valence-corrected chi connectivity index (χ1v) is 13.7. The van der Waals surface area contributed by atoms with Crippen LogP contribution < -0.4 is 15.0 Å². The van der Waals surface area contributed by atoms with Crippen molar-refractivity contribution in [2.75, 3.05) is 23.8 Å². The van der Waals surface area contributed by atoms with E-state index in [-0.39, 0.29) is 23.8 Å². The van der Waals surface area contributed by atoms with Crippen molar-refractivity contribution in [1.29, 1.82) is 0 Å². The van der Waals surface area contributed by atoms with Crippen molar-refractivity contribution in [2.24, 2.45) is 0 Å². The third kappa shape index (κ3) is 6.12. The zero-order valence-corrected chi connectivity index (χ0v) is 22.3. The molecule has 2 heterocycles. The number of nitrogens with zero attached hydrogens (tertiary/aromatic N) is 4. The lowest BCUT2D eigenvalue weighted by molar-refractivity contribution is -0.116. The van der Waals surface area contributed by atoms with Gasteiger partial charge in [0.15, 0.2) is 11.0 Å². The minimum atomic E-state index is -0.486. The Morgan fingerprint density at radius 3 is 2.67 bits per heavy atom. The molecule has 0 fully saturated rings. The first-order valence-electron chi connectivity index (χ1n) is 12.8. The monoisotopic (exact) mass is 545 g/mol. The van der Waals surface area contributed by atoms with E-state index >= 15 is 0 Å². The fourth-order valence-electron chi connectivity index (χ4n) is 4.51. The van der Waals surface area contributed by atoms with Crippen LogP contribution in [0.5, 0.6) is 5.75 Å². The van der Waals surface area contributed by atoms with Crippen LogP contribution in [-0.2, 0) is 17.8 Å². The molecular weight excluding hydrogens is 517 g/mol. The second-order valence-corrected chi connectivity index (χ2v) is 9.86. The molecule has 0 unspecified atom stereocenters. The normalized spacial score (nSPS) is 12.6. The average molecular weight is 546 g/mol. The number of aromatic nitrogens is 3. The lowest BCUT2D eigenvalue weighted by atomic mass is 10.0. The Hall–Kier alpha value is -4.18. The Bertz CT molecular complexity index is 1470. The summed E-state index contributed by atoms with van der Waals surface area (Å²) in [6.07, 6.45) is 1.88. The van der Waals surface area contributed by atoms with Crippen molar-refractivity contribution >= 4 is 29.3 Å². The van der Waals surface area contributed by atoms with Crippen molar-refractivity contribution in [3.8, 4) is 11.4 Å². The van der Waals surface area contributed by atoms with Gasteiger partial charge in [-0.3, -0.25) is 14.2 Å². The van der Waals surface area contributed by atoms with Gasteiger partial charge in [-0.15, -0.1) is 10.2 Å². The second-order valence-electron chi connectivity index (χ2n) is 8.92. The first kappa shape index (κ1) is 26.4. The van der Waals surface area contributed by atoms with E-state index in [9.17, 15) is 14.0 Å². The minimum absolute atomic E-state index is 0.00523. The zero-order valence-electron chi connectivity index (χ0n) is 21.5. The molecule has 3 aromatic carbocycles. The highest BCUT2D eigenvalue weighted by atomic mass is 32.2. The van der Waals surface area contributed by atoms with E-state index in [0.717, 1.165) is 30.0 Å². The largest absolute Gasteiger partial charge is 0.494 e. The summed E-state index contributed by atoms with van der Waals surface area (Å²) < 4.78 is 21.0. The van der Waals surface area contributed by atoms with E-state index < -0.39 is 11.7 Å². The van der Waals surface area contributed by atoms with Crippen molar-refractivity contribution in [3.05, 3.63) is 95.6 Å². The Labute approximate surface area is 230 Å². The number of hydrogen-bond donors (Lipinski definition) is 1. The van der Waals surface area contributed by atoms with E-state index in [2.05, 4.69) is 21.6 Å². The lowest BCUT2D eigenvalue weighted by Gasteiger charge is -2.29. The van der Waals surface area contributed by atoms with Gasteiger partial charge in [-0.05, 0) is 73.9 Å². The van der Waals surface area contributed by atoms with Crippen LogP contribution in [0.25, 0.3) is 5.69 Å². The van der Waals surface area contributed by atoms with E-state index in [1.165, 1.54) is 35.5 Å². The molecule has 8 nitrogen and oxygen atoms in total. The molecule has 39 heavy (non-hydrogen) atoms. The highest BCUT2D eigenvalue weighted by molar-refractivity contribution is 7.99. The Balaban J connectivity index is 1.36. The number of para-hydroxylation sites is 1. The van der Waals surface area contributed by atoms with E-state index in [1.54, 1.807) is 6.07 Å². The number of nitrogens with one attached hydrogen (secondary N) is 1. The third-order valence-corrected chi connectivity index (χ3v) is 7.25. The summed E-state index contributed by atoms with van der Waals surface area (Å²) in [5, 5.41) is 12.0. The molecule has 2 amide bonds. The minimum Gasteiger partial charge on any atom is -0.494 e. The number of hydrogen-bond acceptors (Lipinski definition) is 6. The number of halogens is 1. The Morgan fingerprint density at radius 2 is 1.87 bits per heavy atom. The highest BCUT2D eigenvalue weighted by Gasteiger charge is 2.24. The smallest absolute Gasteiger partial charge is 0.251 e. The molecule has 0 saturated carbocycles. The van der Waals surface area contributed by atoms with Gasteiger partial charge in [-0.1, -0.05) is 36.0 Å². The zero-order chi connectivity index (χ0) is 27.2. The SMILES string of the molecule is CCOc1ccc(-n2c(CNC(=O)c3cccc(F)c3)nnc2SCC(=O)N2CCCc3ccccc32)cc1. The number of carbonyl (C=O) groups is 2. The molecule has 5 rings (SSSR count). The van der Waals surface area contributed by atoms with Gasteiger partial charge in [-0.25, -0.2) is 4.39 Å². The summed E-state index contributed by atoms with van der Waals surface area (Å²) in [4.78, 5) is 27.7.